The SMILES string of the molecule is C[C@H](N)c1cc(Br)ccc1OCC1CCOC1. The van der Waals surface area contributed by atoms with Gasteiger partial charge in [-0.05, 0) is 31.5 Å². The molecule has 1 aromatic rings. The Balaban J connectivity index is 2.03. The Morgan fingerprint density at radius 3 is 3.06 bits per heavy atom. The van der Waals surface area contributed by atoms with Crippen LogP contribution >= 0.6 is 15.9 Å². The highest BCUT2D eigenvalue weighted by atomic mass is 79.9. The Bertz CT molecular complexity index is 376. The first kappa shape index (κ1) is 12.9. The molecule has 1 aliphatic rings. The average molecular weight is 300 g/mol. The van der Waals surface area contributed by atoms with E-state index >= 15 is 0 Å². The van der Waals surface area contributed by atoms with Crippen LogP contribution in [0.4, 0.5) is 0 Å². The second-order valence-corrected chi connectivity index (χ2v) is 5.43. The molecule has 94 valence electrons. The van der Waals surface area contributed by atoms with E-state index in [1.807, 2.05) is 25.1 Å². The van der Waals surface area contributed by atoms with E-state index in [9.17, 15) is 0 Å². The summed E-state index contributed by atoms with van der Waals surface area (Å²) in [5.41, 5.74) is 6.98. The molecule has 2 N–H and O–H groups in total. The number of halogens is 1. The number of hydrogen-bond donors (Lipinski definition) is 1. The Kier molecular flexibility index (Phi) is 4.42. The summed E-state index contributed by atoms with van der Waals surface area (Å²) in [7, 11) is 0. The fourth-order valence-corrected chi connectivity index (χ4v) is 2.31. The van der Waals surface area contributed by atoms with Gasteiger partial charge < -0.3 is 15.2 Å². The van der Waals surface area contributed by atoms with Crippen molar-refractivity contribution in [3.8, 4) is 5.75 Å². The summed E-state index contributed by atoms with van der Waals surface area (Å²) < 4.78 is 12.2. The summed E-state index contributed by atoms with van der Waals surface area (Å²) in [6, 6.07) is 5.94. The van der Waals surface area contributed by atoms with Crippen LogP contribution in [0.1, 0.15) is 24.9 Å². The summed E-state index contributed by atoms with van der Waals surface area (Å²) in [6.07, 6.45) is 1.09. The van der Waals surface area contributed by atoms with E-state index in [0.29, 0.717) is 12.5 Å². The van der Waals surface area contributed by atoms with Gasteiger partial charge in [-0.1, -0.05) is 15.9 Å². The maximum absolute atomic E-state index is 5.94. The van der Waals surface area contributed by atoms with E-state index in [1.54, 1.807) is 0 Å². The van der Waals surface area contributed by atoms with Crippen LogP contribution in [0.2, 0.25) is 0 Å². The molecule has 1 unspecified atom stereocenters. The van der Waals surface area contributed by atoms with Crippen LogP contribution in [0.15, 0.2) is 22.7 Å². The van der Waals surface area contributed by atoms with Crippen molar-refractivity contribution >= 4 is 15.9 Å². The van der Waals surface area contributed by atoms with Crippen molar-refractivity contribution < 1.29 is 9.47 Å². The largest absolute Gasteiger partial charge is 0.493 e. The van der Waals surface area contributed by atoms with Crippen LogP contribution in [0.5, 0.6) is 5.75 Å². The smallest absolute Gasteiger partial charge is 0.124 e. The van der Waals surface area contributed by atoms with Gasteiger partial charge in [0.1, 0.15) is 5.75 Å². The zero-order valence-electron chi connectivity index (χ0n) is 9.99. The highest BCUT2D eigenvalue weighted by Crippen LogP contribution is 2.28. The van der Waals surface area contributed by atoms with Gasteiger partial charge in [0, 0.05) is 28.6 Å². The lowest BCUT2D eigenvalue weighted by molar-refractivity contribution is 0.166. The Morgan fingerprint density at radius 2 is 2.41 bits per heavy atom. The highest BCUT2D eigenvalue weighted by molar-refractivity contribution is 9.10. The van der Waals surface area contributed by atoms with Gasteiger partial charge in [0.2, 0.25) is 0 Å². The molecule has 1 heterocycles. The van der Waals surface area contributed by atoms with Gasteiger partial charge in [0.25, 0.3) is 0 Å². The minimum absolute atomic E-state index is 0.0256. The van der Waals surface area contributed by atoms with Crippen LogP contribution in [0.3, 0.4) is 0 Å². The first-order valence-corrected chi connectivity index (χ1v) is 6.71. The van der Waals surface area contributed by atoms with E-state index in [2.05, 4.69) is 15.9 Å². The van der Waals surface area contributed by atoms with E-state index in [1.165, 1.54) is 0 Å². The number of benzene rings is 1. The number of rotatable bonds is 4. The van der Waals surface area contributed by atoms with Crippen molar-refractivity contribution in [2.75, 3.05) is 19.8 Å². The van der Waals surface area contributed by atoms with E-state index in [-0.39, 0.29) is 6.04 Å². The predicted octanol–water partition coefficient (Wildman–Crippen LogP) is 2.88. The lowest BCUT2D eigenvalue weighted by atomic mass is 10.1. The molecule has 0 radical (unpaired) electrons. The van der Waals surface area contributed by atoms with Gasteiger partial charge in [0.15, 0.2) is 0 Å². The van der Waals surface area contributed by atoms with Crippen molar-refractivity contribution in [3.63, 3.8) is 0 Å². The third kappa shape index (κ3) is 3.44. The van der Waals surface area contributed by atoms with Crippen LogP contribution in [0.25, 0.3) is 0 Å². The molecule has 1 aromatic carbocycles. The van der Waals surface area contributed by atoms with Crippen LogP contribution < -0.4 is 10.5 Å². The van der Waals surface area contributed by atoms with Crippen LogP contribution in [-0.4, -0.2) is 19.8 Å². The van der Waals surface area contributed by atoms with Gasteiger partial charge in [-0.15, -0.1) is 0 Å². The molecule has 17 heavy (non-hydrogen) atoms. The summed E-state index contributed by atoms with van der Waals surface area (Å²) >= 11 is 3.45. The average Bonchev–Trinajstić information content (AvgIpc) is 2.80. The molecule has 1 fully saturated rings. The maximum Gasteiger partial charge on any atom is 0.124 e. The quantitative estimate of drug-likeness (QED) is 0.930. The molecule has 4 heteroatoms. The fraction of sp³-hybridized carbons (Fsp3) is 0.538. The van der Waals surface area contributed by atoms with Gasteiger partial charge in [-0.3, -0.25) is 0 Å². The zero-order valence-corrected chi connectivity index (χ0v) is 11.6. The maximum atomic E-state index is 5.94. The predicted molar refractivity (Wildman–Crippen MR) is 71.2 cm³/mol. The highest BCUT2D eigenvalue weighted by Gasteiger charge is 2.17. The van der Waals surface area contributed by atoms with Crippen molar-refractivity contribution in [2.24, 2.45) is 11.7 Å². The molecule has 0 spiro atoms. The molecule has 3 nitrogen and oxygen atoms in total. The van der Waals surface area contributed by atoms with Gasteiger partial charge >= 0.3 is 0 Å². The topological polar surface area (TPSA) is 44.5 Å². The molecular weight excluding hydrogens is 282 g/mol. The molecule has 0 amide bonds. The third-order valence-corrected chi connectivity index (χ3v) is 3.45. The Labute approximate surface area is 110 Å². The molecule has 1 saturated heterocycles. The summed E-state index contributed by atoms with van der Waals surface area (Å²) in [6.45, 7) is 4.34. The minimum atomic E-state index is -0.0256. The summed E-state index contributed by atoms with van der Waals surface area (Å²) in [5.74, 6) is 1.40. The van der Waals surface area contributed by atoms with Gasteiger partial charge in [-0.2, -0.15) is 0 Å². The normalized spacial score (nSPS) is 21.5. The van der Waals surface area contributed by atoms with Crippen molar-refractivity contribution in [1.82, 2.24) is 0 Å². The first-order valence-electron chi connectivity index (χ1n) is 5.92. The van der Waals surface area contributed by atoms with Gasteiger partial charge in [-0.25, -0.2) is 0 Å². The van der Waals surface area contributed by atoms with E-state index in [4.69, 9.17) is 15.2 Å². The second-order valence-electron chi connectivity index (χ2n) is 4.51. The molecule has 0 saturated carbocycles. The first-order chi connectivity index (χ1) is 8.16. The fourth-order valence-electron chi connectivity index (χ4n) is 1.93. The summed E-state index contributed by atoms with van der Waals surface area (Å²) in [4.78, 5) is 0. The molecular formula is C13H18BrNO2. The standard InChI is InChI=1S/C13H18BrNO2/c1-9(15)12-6-11(14)2-3-13(12)17-8-10-4-5-16-7-10/h2-3,6,9-10H,4-5,7-8,15H2,1H3/t9-,10?/m0/s1. The second kappa shape index (κ2) is 5.85. The van der Waals surface area contributed by atoms with Crippen LogP contribution in [0, 0.1) is 5.92 Å². The number of hydrogen-bond acceptors (Lipinski definition) is 3. The number of nitrogens with two attached hydrogens (primary N) is 1. The summed E-state index contributed by atoms with van der Waals surface area (Å²) in [5, 5.41) is 0. The molecule has 1 aliphatic heterocycles. The molecule has 0 bridgehead atoms. The monoisotopic (exact) mass is 299 g/mol. The Morgan fingerprint density at radius 1 is 1.59 bits per heavy atom. The lowest BCUT2D eigenvalue weighted by Gasteiger charge is -2.16. The molecule has 0 aliphatic carbocycles. The Hall–Kier alpha value is -0.580. The third-order valence-electron chi connectivity index (χ3n) is 2.96. The minimum Gasteiger partial charge on any atom is -0.493 e. The molecule has 2 rings (SSSR count). The van der Waals surface area contributed by atoms with Crippen molar-refractivity contribution in [3.05, 3.63) is 28.2 Å². The van der Waals surface area contributed by atoms with E-state index < -0.39 is 0 Å². The zero-order chi connectivity index (χ0) is 12.3. The lowest BCUT2D eigenvalue weighted by Crippen LogP contribution is -2.14. The molecule has 0 aromatic heterocycles. The van der Waals surface area contributed by atoms with Crippen LogP contribution in [-0.2, 0) is 4.74 Å². The molecule has 2 atom stereocenters. The van der Waals surface area contributed by atoms with Crippen molar-refractivity contribution in [1.29, 1.82) is 0 Å². The van der Waals surface area contributed by atoms with E-state index in [0.717, 1.165) is 35.4 Å². The number of ether oxygens (including phenoxy) is 2. The van der Waals surface area contributed by atoms with Gasteiger partial charge in [0.05, 0.1) is 13.2 Å². The van der Waals surface area contributed by atoms with Crippen molar-refractivity contribution in [2.45, 2.75) is 19.4 Å².